The Morgan fingerprint density at radius 3 is 2.21 bits per heavy atom. The molecule has 1 aliphatic heterocycles. The molecule has 0 unspecified atom stereocenters. The van der Waals surface area contributed by atoms with Gasteiger partial charge in [0, 0.05) is 18.8 Å². The van der Waals surface area contributed by atoms with Crippen molar-refractivity contribution in [1.82, 2.24) is 0 Å². The number of hydrogen-bond donors (Lipinski definition) is 0. The van der Waals surface area contributed by atoms with Crippen molar-refractivity contribution in [3.63, 3.8) is 0 Å². The van der Waals surface area contributed by atoms with E-state index in [1.165, 1.54) is 0 Å². The molecule has 1 fully saturated rings. The number of rotatable bonds is 6. The van der Waals surface area contributed by atoms with Crippen LogP contribution >= 0.6 is 0 Å². The average molecular weight is 352 g/mol. The van der Waals surface area contributed by atoms with E-state index in [-0.39, 0.29) is 21.2 Å². The smallest absolute Gasteiger partial charge is 0.300 e. The molecule has 0 bridgehead atoms. The van der Waals surface area contributed by atoms with Gasteiger partial charge in [-0.2, -0.15) is 13.1 Å². The minimum Gasteiger partial charge on any atom is -0.300 e. The van der Waals surface area contributed by atoms with Crippen LogP contribution in [-0.4, -0.2) is 38.5 Å². The Bertz CT molecular complexity index is 714. The molecule has 0 N–H and O–H groups in total. The summed E-state index contributed by atoms with van der Waals surface area (Å²) in [6.45, 7) is 10.7. The summed E-state index contributed by atoms with van der Waals surface area (Å²) in [5, 5.41) is 0. The first-order valence-electron chi connectivity index (χ1n) is 8.17. The second-order valence-corrected chi connectivity index (χ2v) is 8.38. The Balaban J connectivity index is 2.24. The summed E-state index contributed by atoms with van der Waals surface area (Å²) < 4.78 is 31.0. The van der Waals surface area contributed by atoms with E-state index in [1.807, 2.05) is 13.8 Å². The number of nitrogens with zero attached hydrogens (tertiary/aromatic N) is 1. The molecule has 24 heavy (non-hydrogen) atoms. The third-order valence-electron chi connectivity index (χ3n) is 4.47. The number of carbonyl (C=O) groups excluding carboxylic acids is 1. The molecule has 132 valence electrons. The molecule has 0 atom stereocenters. The van der Waals surface area contributed by atoms with Crippen molar-refractivity contribution in [2.24, 2.45) is 5.92 Å². The number of likely N-dealkylation sites (tertiary alicyclic amines) is 1. The monoisotopic (exact) mass is 352 g/mol. The molecule has 1 aliphatic rings. The van der Waals surface area contributed by atoms with Crippen LogP contribution in [0.1, 0.15) is 32.3 Å². The molecule has 1 aromatic carbocycles. The Hall–Kier alpha value is -1.50. The van der Waals surface area contributed by atoms with Crippen LogP contribution < -0.4 is 0 Å². The van der Waals surface area contributed by atoms with Crippen molar-refractivity contribution >= 4 is 15.9 Å². The quantitative estimate of drug-likeness (QED) is 0.583. The van der Waals surface area contributed by atoms with Crippen LogP contribution in [0.4, 0.5) is 0 Å². The van der Waals surface area contributed by atoms with Crippen LogP contribution in [-0.2, 0) is 19.2 Å². The zero-order valence-corrected chi connectivity index (χ0v) is 15.4. The van der Waals surface area contributed by atoms with E-state index in [9.17, 15) is 13.2 Å². The molecular weight excluding hydrogens is 326 g/mol. The van der Waals surface area contributed by atoms with Crippen molar-refractivity contribution < 1.29 is 22.1 Å². The number of carbonyl (C=O) groups is 1. The number of benzene rings is 1. The number of hydrogen-bond acceptors (Lipinski definition) is 4. The van der Waals surface area contributed by atoms with Crippen molar-refractivity contribution in [3.8, 4) is 0 Å². The summed E-state index contributed by atoms with van der Waals surface area (Å²) in [5.74, 6) is 0.150. The summed E-state index contributed by atoms with van der Waals surface area (Å²) in [5.41, 5.74) is 1.84. The van der Waals surface area contributed by atoms with Gasteiger partial charge in [0.2, 0.25) is 0 Å². The second-order valence-electron chi connectivity index (χ2n) is 6.85. The van der Waals surface area contributed by atoms with Crippen molar-refractivity contribution in [1.29, 1.82) is 0 Å². The van der Waals surface area contributed by atoms with Crippen molar-refractivity contribution in [3.05, 3.63) is 42.0 Å². The summed E-state index contributed by atoms with van der Waals surface area (Å²) >= 11 is 0. The predicted molar refractivity (Wildman–Crippen MR) is 92.5 cm³/mol. The molecule has 0 aromatic heterocycles. The largest absolute Gasteiger partial charge is 0.342 e. The number of quaternary nitrogens is 1. The zero-order valence-electron chi connectivity index (χ0n) is 14.6. The lowest BCUT2D eigenvalue weighted by Gasteiger charge is -2.39. The fraction of sp³-hybridized carbons (Fsp3) is 0.500. The minimum atomic E-state index is -3.87. The summed E-state index contributed by atoms with van der Waals surface area (Å²) in [4.78, 5) is 11.7. The maximum Gasteiger partial charge on any atom is 0.342 e. The molecule has 1 saturated heterocycles. The Labute approximate surface area is 144 Å². The molecule has 0 amide bonds. The van der Waals surface area contributed by atoms with Crippen molar-refractivity contribution in [2.75, 3.05) is 19.6 Å². The first kappa shape index (κ1) is 18.8. The van der Waals surface area contributed by atoms with E-state index in [2.05, 4.69) is 6.58 Å². The fourth-order valence-corrected chi connectivity index (χ4v) is 4.33. The number of hydroxylamine groups is 3. The van der Waals surface area contributed by atoms with Gasteiger partial charge in [-0.3, -0.25) is 4.79 Å². The van der Waals surface area contributed by atoms with E-state index in [0.717, 1.165) is 11.1 Å². The Kier molecular flexibility index (Phi) is 5.63. The third kappa shape index (κ3) is 4.53. The third-order valence-corrected chi connectivity index (χ3v) is 5.83. The van der Waals surface area contributed by atoms with Gasteiger partial charge in [-0.05, 0) is 38.5 Å². The molecular formula is C18H26NO4S+. The van der Waals surface area contributed by atoms with Gasteiger partial charge < -0.3 is 0 Å². The lowest BCUT2D eigenvalue weighted by molar-refractivity contribution is -1.08. The first-order chi connectivity index (χ1) is 11.1. The van der Waals surface area contributed by atoms with Crippen LogP contribution in [0.5, 0.6) is 0 Å². The molecule has 2 rings (SSSR count). The summed E-state index contributed by atoms with van der Waals surface area (Å²) in [6.07, 6.45) is 1.26. The average Bonchev–Trinajstić information content (AvgIpc) is 2.46. The van der Waals surface area contributed by atoms with E-state index in [4.69, 9.17) is 4.28 Å². The van der Waals surface area contributed by atoms with Crippen LogP contribution in [0.25, 0.3) is 0 Å². The predicted octanol–water partition coefficient (Wildman–Crippen LogP) is 3.01. The first-order valence-corrected chi connectivity index (χ1v) is 9.58. The highest BCUT2D eigenvalue weighted by Crippen LogP contribution is 2.29. The topological polar surface area (TPSA) is 60.4 Å². The lowest BCUT2D eigenvalue weighted by Crippen LogP contribution is -2.55. The van der Waals surface area contributed by atoms with E-state index < -0.39 is 10.1 Å². The maximum atomic E-state index is 12.7. The van der Waals surface area contributed by atoms with E-state index >= 15 is 0 Å². The van der Waals surface area contributed by atoms with E-state index in [0.29, 0.717) is 32.5 Å². The highest BCUT2D eigenvalue weighted by atomic mass is 32.2. The lowest BCUT2D eigenvalue weighted by atomic mass is 9.93. The highest BCUT2D eigenvalue weighted by Gasteiger charge is 2.42. The molecule has 1 heterocycles. The number of Topliss-reactive ketones (excluding diaryl/α,β-unsaturated/α-hetero) is 1. The second kappa shape index (κ2) is 7.17. The van der Waals surface area contributed by atoms with Crippen molar-refractivity contribution in [2.45, 2.75) is 38.5 Å². The van der Waals surface area contributed by atoms with Gasteiger partial charge >= 0.3 is 10.1 Å². The summed E-state index contributed by atoms with van der Waals surface area (Å²) in [7, 11) is -3.87. The minimum absolute atomic E-state index is 0.00736. The number of piperidine rings is 1. The highest BCUT2D eigenvalue weighted by molar-refractivity contribution is 7.86. The van der Waals surface area contributed by atoms with Gasteiger partial charge in [0.05, 0.1) is 4.90 Å². The van der Waals surface area contributed by atoms with Crippen LogP contribution in [0.3, 0.4) is 0 Å². The van der Waals surface area contributed by atoms with Crippen LogP contribution in [0.15, 0.2) is 41.3 Å². The fourth-order valence-electron chi connectivity index (χ4n) is 3.15. The number of ketones is 1. The molecule has 0 saturated carbocycles. The SMILES string of the molecule is C=C(C)C[N+]1(OS(=O)(=O)c2ccc(C)cc2)CCC(C(C)=O)CC1. The maximum absolute atomic E-state index is 12.7. The van der Waals surface area contributed by atoms with Gasteiger partial charge in [-0.15, -0.1) is 0 Å². The van der Waals surface area contributed by atoms with Gasteiger partial charge in [0.15, 0.2) is 0 Å². The van der Waals surface area contributed by atoms with Crippen LogP contribution in [0.2, 0.25) is 0 Å². The van der Waals surface area contributed by atoms with Gasteiger partial charge in [-0.1, -0.05) is 28.6 Å². The summed E-state index contributed by atoms with van der Waals surface area (Å²) in [6, 6.07) is 6.62. The molecule has 5 nitrogen and oxygen atoms in total. The molecule has 6 heteroatoms. The molecule has 0 radical (unpaired) electrons. The Morgan fingerprint density at radius 1 is 1.21 bits per heavy atom. The van der Waals surface area contributed by atoms with Gasteiger partial charge in [0.1, 0.15) is 25.4 Å². The van der Waals surface area contributed by atoms with Gasteiger partial charge in [0.25, 0.3) is 0 Å². The standard InChI is InChI=1S/C18H26NO4S/c1-14(2)13-19(11-9-17(10-12-19)16(4)20)23-24(21,22)18-7-5-15(3)6-8-18/h5-8,17H,1,9-13H2,2-4H3/q+1. The van der Waals surface area contributed by atoms with Crippen LogP contribution in [0, 0.1) is 12.8 Å². The normalized spacial score (nSPS) is 24.5. The van der Waals surface area contributed by atoms with Gasteiger partial charge in [-0.25, -0.2) is 0 Å². The molecule has 0 aliphatic carbocycles. The molecule has 0 spiro atoms. The van der Waals surface area contributed by atoms with E-state index in [1.54, 1.807) is 31.2 Å². The zero-order chi connectivity index (χ0) is 18.0. The molecule has 1 aromatic rings. The Morgan fingerprint density at radius 2 is 1.75 bits per heavy atom. The number of aryl methyl sites for hydroxylation is 1.